The molecule has 4 N–H and O–H groups in total. The molecule has 114 valence electrons. The number of hydrogen-bond donors (Lipinski definition) is 3. The van der Waals surface area contributed by atoms with Crippen LogP contribution in [0.4, 0.5) is 5.69 Å². The molecule has 0 bridgehead atoms. The second-order valence-corrected chi connectivity index (χ2v) is 6.16. The van der Waals surface area contributed by atoms with E-state index in [0.717, 1.165) is 18.6 Å². The third kappa shape index (κ3) is 4.75. The number of hydrogen-bond acceptors (Lipinski definition) is 4. The Hall–Kier alpha value is -1.53. The molecule has 6 heteroatoms. The van der Waals surface area contributed by atoms with Crippen LogP contribution in [0.3, 0.4) is 0 Å². The lowest BCUT2D eigenvalue weighted by molar-refractivity contribution is -0.117. The quantitative estimate of drug-likeness (QED) is 0.714. The maximum atomic E-state index is 12.1. The van der Waals surface area contributed by atoms with Crippen LogP contribution in [-0.2, 0) is 4.79 Å². The van der Waals surface area contributed by atoms with Crippen molar-refractivity contribution in [3.05, 3.63) is 29.8 Å². The third-order valence-electron chi connectivity index (χ3n) is 3.31. The molecule has 0 unspecified atom stereocenters. The average molecular weight is 307 g/mol. The predicted octanol–water partition coefficient (Wildman–Crippen LogP) is 1.60. The molecule has 1 fully saturated rings. The van der Waals surface area contributed by atoms with Crippen LogP contribution in [0.15, 0.2) is 24.3 Å². The van der Waals surface area contributed by atoms with Crippen LogP contribution in [0, 0.1) is 0 Å². The third-order valence-corrected chi connectivity index (χ3v) is 3.96. The second kappa shape index (κ2) is 7.47. The normalized spacial score (nSPS) is 15.3. The first kappa shape index (κ1) is 15.9. The van der Waals surface area contributed by atoms with Crippen molar-refractivity contribution >= 4 is 29.3 Å². The van der Waals surface area contributed by atoms with E-state index in [2.05, 4.69) is 10.6 Å². The van der Waals surface area contributed by atoms with Crippen molar-refractivity contribution in [1.82, 2.24) is 5.32 Å². The van der Waals surface area contributed by atoms with Gasteiger partial charge in [0.15, 0.2) is 0 Å². The van der Waals surface area contributed by atoms with E-state index < -0.39 is 6.04 Å². The Kier molecular flexibility index (Phi) is 5.64. The Bertz CT molecular complexity index is 517. The SMILES string of the molecule is CSCC[C@@H](N)C(=O)Nc1ccccc1C(=O)NC1CC1. The van der Waals surface area contributed by atoms with Crippen molar-refractivity contribution in [2.45, 2.75) is 31.3 Å². The highest BCUT2D eigenvalue weighted by atomic mass is 32.2. The van der Waals surface area contributed by atoms with Gasteiger partial charge in [0.05, 0.1) is 17.3 Å². The molecule has 1 aliphatic rings. The summed E-state index contributed by atoms with van der Waals surface area (Å²) in [4.78, 5) is 24.2. The molecule has 0 radical (unpaired) electrons. The summed E-state index contributed by atoms with van der Waals surface area (Å²) in [6.07, 6.45) is 4.64. The number of nitrogens with two attached hydrogens (primary N) is 1. The number of amides is 2. The van der Waals surface area contributed by atoms with Crippen LogP contribution in [0.1, 0.15) is 29.6 Å². The van der Waals surface area contributed by atoms with E-state index in [4.69, 9.17) is 5.73 Å². The lowest BCUT2D eigenvalue weighted by atomic mass is 10.1. The van der Waals surface area contributed by atoms with Crippen LogP contribution in [-0.4, -0.2) is 35.9 Å². The topological polar surface area (TPSA) is 84.2 Å². The van der Waals surface area contributed by atoms with Crippen LogP contribution < -0.4 is 16.4 Å². The molecule has 1 aromatic carbocycles. The van der Waals surface area contributed by atoms with E-state index in [9.17, 15) is 9.59 Å². The average Bonchev–Trinajstić information content (AvgIpc) is 3.29. The first-order valence-electron chi connectivity index (χ1n) is 7.07. The van der Waals surface area contributed by atoms with Crippen LogP contribution in [0.25, 0.3) is 0 Å². The van der Waals surface area contributed by atoms with Crippen LogP contribution >= 0.6 is 11.8 Å². The molecule has 1 aromatic rings. The van der Waals surface area contributed by atoms with Crippen molar-refractivity contribution in [2.24, 2.45) is 5.73 Å². The van der Waals surface area contributed by atoms with Gasteiger partial charge in [0.2, 0.25) is 5.91 Å². The Morgan fingerprint density at radius 3 is 2.76 bits per heavy atom. The first-order chi connectivity index (χ1) is 10.1. The minimum atomic E-state index is -0.558. The molecule has 0 aliphatic heterocycles. The minimum Gasteiger partial charge on any atom is -0.349 e. The molecular weight excluding hydrogens is 286 g/mol. The number of thioether (sulfide) groups is 1. The Morgan fingerprint density at radius 2 is 2.10 bits per heavy atom. The highest BCUT2D eigenvalue weighted by Crippen LogP contribution is 2.21. The van der Waals surface area contributed by atoms with Crippen molar-refractivity contribution in [3.8, 4) is 0 Å². The minimum absolute atomic E-state index is 0.147. The molecule has 1 saturated carbocycles. The Balaban J connectivity index is 2.01. The summed E-state index contributed by atoms with van der Waals surface area (Å²) in [6, 6.07) is 6.73. The van der Waals surface area contributed by atoms with E-state index in [1.165, 1.54) is 0 Å². The molecule has 5 nitrogen and oxygen atoms in total. The predicted molar refractivity (Wildman–Crippen MR) is 86.5 cm³/mol. The maximum absolute atomic E-state index is 12.1. The summed E-state index contributed by atoms with van der Waals surface area (Å²) in [5.74, 6) is 0.431. The smallest absolute Gasteiger partial charge is 0.253 e. The zero-order valence-corrected chi connectivity index (χ0v) is 12.9. The van der Waals surface area contributed by atoms with E-state index in [1.807, 2.05) is 6.26 Å². The van der Waals surface area contributed by atoms with Crippen LogP contribution in [0.5, 0.6) is 0 Å². The van der Waals surface area contributed by atoms with Crippen molar-refractivity contribution < 1.29 is 9.59 Å². The molecule has 0 saturated heterocycles. The number of anilines is 1. The van der Waals surface area contributed by atoms with Gasteiger partial charge in [-0.05, 0) is 43.4 Å². The van der Waals surface area contributed by atoms with Crippen molar-refractivity contribution in [2.75, 3.05) is 17.3 Å². The monoisotopic (exact) mass is 307 g/mol. The number of benzene rings is 1. The molecule has 21 heavy (non-hydrogen) atoms. The van der Waals surface area contributed by atoms with E-state index >= 15 is 0 Å². The van der Waals surface area contributed by atoms with Gasteiger partial charge in [-0.25, -0.2) is 0 Å². The molecule has 1 aliphatic carbocycles. The van der Waals surface area contributed by atoms with Gasteiger partial charge in [0, 0.05) is 6.04 Å². The number of para-hydroxylation sites is 1. The van der Waals surface area contributed by atoms with Gasteiger partial charge in [-0.15, -0.1) is 0 Å². The summed E-state index contributed by atoms with van der Waals surface area (Å²) in [7, 11) is 0. The Labute approximate surface area is 129 Å². The number of nitrogens with one attached hydrogen (secondary N) is 2. The zero-order valence-electron chi connectivity index (χ0n) is 12.1. The van der Waals surface area contributed by atoms with E-state index in [0.29, 0.717) is 17.7 Å². The van der Waals surface area contributed by atoms with Gasteiger partial charge in [-0.2, -0.15) is 11.8 Å². The Morgan fingerprint density at radius 1 is 1.38 bits per heavy atom. The van der Waals surface area contributed by atoms with Gasteiger partial charge in [0.25, 0.3) is 5.91 Å². The molecule has 0 spiro atoms. The second-order valence-electron chi connectivity index (χ2n) is 5.17. The number of carbonyl (C=O) groups excluding carboxylic acids is 2. The fourth-order valence-corrected chi connectivity index (χ4v) is 2.37. The summed E-state index contributed by atoms with van der Waals surface area (Å²) in [6.45, 7) is 0. The lowest BCUT2D eigenvalue weighted by Crippen LogP contribution is -2.36. The summed E-state index contributed by atoms with van der Waals surface area (Å²) in [5, 5.41) is 5.68. The van der Waals surface area contributed by atoms with Gasteiger partial charge in [-0.1, -0.05) is 12.1 Å². The van der Waals surface area contributed by atoms with Crippen molar-refractivity contribution in [1.29, 1.82) is 0 Å². The van der Waals surface area contributed by atoms with Crippen LogP contribution in [0.2, 0.25) is 0 Å². The summed E-state index contributed by atoms with van der Waals surface area (Å²) < 4.78 is 0. The number of carbonyl (C=O) groups is 2. The molecule has 2 rings (SSSR count). The highest BCUT2D eigenvalue weighted by molar-refractivity contribution is 7.98. The summed E-state index contributed by atoms with van der Waals surface area (Å²) >= 11 is 1.65. The van der Waals surface area contributed by atoms with Gasteiger partial charge in [0.1, 0.15) is 0 Å². The number of rotatable bonds is 7. The summed E-state index contributed by atoms with van der Waals surface area (Å²) in [5.41, 5.74) is 6.84. The van der Waals surface area contributed by atoms with E-state index in [-0.39, 0.29) is 17.9 Å². The van der Waals surface area contributed by atoms with Gasteiger partial charge >= 0.3 is 0 Å². The fraction of sp³-hybridized carbons (Fsp3) is 0.467. The largest absolute Gasteiger partial charge is 0.349 e. The zero-order chi connectivity index (χ0) is 15.2. The van der Waals surface area contributed by atoms with Gasteiger partial charge in [-0.3, -0.25) is 9.59 Å². The molecule has 0 heterocycles. The fourth-order valence-electron chi connectivity index (χ4n) is 1.88. The van der Waals surface area contributed by atoms with E-state index in [1.54, 1.807) is 36.0 Å². The molecule has 2 amide bonds. The molecule has 1 atom stereocenters. The highest BCUT2D eigenvalue weighted by Gasteiger charge is 2.25. The lowest BCUT2D eigenvalue weighted by Gasteiger charge is -2.14. The molecular formula is C15H21N3O2S. The van der Waals surface area contributed by atoms with Gasteiger partial charge < -0.3 is 16.4 Å². The van der Waals surface area contributed by atoms with Crippen molar-refractivity contribution in [3.63, 3.8) is 0 Å². The molecule has 0 aromatic heterocycles. The first-order valence-corrected chi connectivity index (χ1v) is 8.46. The standard InChI is InChI=1S/C15H21N3O2S/c1-21-9-8-12(16)15(20)18-13-5-3-2-4-11(13)14(19)17-10-6-7-10/h2-5,10,12H,6-9,16H2,1H3,(H,17,19)(H,18,20)/t12-/m1/s1. The maximum Gasteiger partial charge on any atom is 0.253 e.